The third-order valence-corrected chi connectivity index (χ3v) is 3.25. The third-order valence-electron chi connectivity index (χ3n) is 3.25. The largest absolute Gasteiger partial charge is 0.490 e. The fourth-order valence-electron chi connectivity index (χ4n) is 2.24. The van der Waals surface area contributed by atoms with Crippen LogP contribution in [0.25, 0.3) is 0 Å². The molecule has 0 saturated carbocycles. The second-order valence-corrected chi connectivity index (χ2v) is 5.53. The van der Waals surface area contributed by atoms with Crippen molar-refractivity contribution in [2.75, 3.05) is 18.4 Å². The molecular weight excluding hydrogens is 301 g/mol. The van der Waals surface area contributed by atoms with Gasteiger partial charge < -0.3 is 20.7 Å². The van der Waals surface area contributed by atoms with Gasteiger partial charge in [0.1, 0.15) is 11.6 Å². The lowest BCUT2D eigenvalue weighted by atomic mass is 10.1. The first kappa shape index (κ1) is 16.8. The summed E-state index contributed by atoms with van der Waals surface area (Å²) in [7, 11) is 0. The van der Waals surface area contributed by atoms with E-state index in [1.54, 1.807) is 12.1 Å². The molecule has 1 aromatic rings. The molecule has 1 aliphatic heterocycles. The monoisotopic (exact) mass is 321 g/mol. The average molecular weight is 321 g/mol. The zero-order chi connectivity index (χ0) is 17.0. The van der Waals surface area contributed by atoms with Gasteiger partial charge in [0, 0.05) is 12.2 Å². The highest BCUT2D eigenvalue weighted by Gasteiger charge is 2.19. The third kappa shape index (κ3) is 4.45. The fourth-order valence-corrected chi connectivity index (χ4v) is 2.24. The van der Waals surface area contributed by atoms with E-state index in [4.69, 9.17) is 10.5 Å². The molecule has 3 amide bonds. The molecule has 1 aromatic carbocycles. The number of amides is 3. The summed E-state index contributed by atoms with van der Waals surface area (Å²) in [6.45, 7) is 4.05. The van der Waals surface area contributed by atoms with Crippen molar-refractivity contribution in [3.05, 3.63) is 35.7 Å². The molecule has 0 spiro atoms. The minimum Gasteiger partial charge on any atom is -0.490 e. The summed E-state index contributed by atoms with van der Waals surface area (Å²) >= 11 is 0. The number of hydrogen-bond acceptors (Lipinski definition) is 3. The zero-order valence-corrected chi connectivity index (χ0v) is 13.1. The second kappa shape index (κ2) is 7.13. The highest BCUT2D eigenvalue weighted by Crippen LogP contribution is 2.24. The molecule has 0 saturated heterocycles. The van der Waals surface area contributed by atoms with Gasteiger partial charge in [-0.15, -0.1) is 0 Å². The number of hydrogen-bond donors (Lipinski definition) is 2. The quantitative estimate of drug-likeness (QED) is 0.894. The predicted octanol–water partition coefficient (Wildman–Crippen LogP) is 2.66. The number of carbonyl (C=O) groups is 2. The lowest BCUT2D eigenvalue weighted by Crippen LogP contribution is -2.38. The number of benzene rings is 1. The van der Waals surface area contributed by atoms with Gasteiger partial charge in [-0.2, -0.15) is 0 Å². The predicted molar refractivity (Wildman–Crippen MR) is 85.1 cm³/mol. The van der Waals surface area contributed by atoms with Gasteiger partial charge in [-0.1, -0.05) is 0 Å². The maximum absolute atomic E-state index is 13.2. The average Bonchev–Trinajstić information content (AvgIpc) is 2.48. The van der Waals surface area contributed by atoms with Crippen LogP contribution in [0.15, 0.2) is 30.1 Å². The van der Waals surface area contributed by atoms with E-state index in [2.05, 4.69) is 5.32 Å². The van der Waals surface area contributed by atoms with Crippen LogP contribution < -0.4 is 15.8 Å². The van der Waals surface area contributed by atoms with Crippen LogP contribution in [0.5, 0.6) is 5.75 Å². The number of nitrogens with zero attached hydrogens (tertiary/aromatic N) is 1. The fraction of sp³-hybridized carbons (Fsp3) is 0.375. The number of halogens is 1. The Kier molecular flexibility index (Phi) is 5.20. The van der Waals surface area contributed by atoms with Crippen LogP contribution in [0.4, 0.5) is 14.9 Å². The van der Waals surface area contributed by atoms with Gasteiger partial charge in [0.05, 0.1) is 18.2 Å². The molecule has 0 bridgehead atoms. The zero-order valence-electron chi connectivity index (χ0n) is 13.1. The molecule has 0 aliphatic carbocycles. The summed E-state index contributed by atoms with van der Waals surface area (Å²) in [6.07, 6.45) is 1.83. The molecule has 23 heavy (non-hydrogen) atoms. The van der Waals surface area contributed by atoms with Crippen molar-refractivity contribution in [3.8, 4) is 5.75 Å². The molecule has 6 nitrogen and oxygen atoms in total. The molecule has 0 fully saturated rings. The Balaban J connectivity index is 2.14. The number of urea groups is 1. The molecule has 124 valence electrons. The van der Waals surface area contributed by atoms with E-state index in [0.29, 0.717) is 24.4 Å². The standard InChI is InChI=1S/C16H20FN3O3/c1-10(2)23-14-6-5-12(8-13(14)15(18)21)19-16(22)20-7-3-4-11(17)9-20/h4-6,8,10H,3,7,9H2,1-2H3,(H2,18,21)(H,19,22). The normalized spacial score (nSPS) is 14.4. The van der Waals surface area contributed by atoms with E-state index in [1.165, 1.54) is 17.0 Å². The van der Waals surface area contributed by atoms with Crippen LogP contribution in [0, 0.1) is 0 Å². The number of nitrogens with two attached hydrogens (primary N) is 1. The molecule has 0 atom stereocenters. The maximum Gasteiger partial charge on any atom is 0.322 e. The minimum atomic E-state index is -0.649. The topological polar surface area (TPSA) is 84.7 Å². The lowest BCUT2D eigenvalue weighted by molar-refractivity contribution is 0.0994. The number of carbonyl (C=O) groups excluding carboxylic acids is 2. The van der Waals surface area contributed by atoms with Crippen LogP contribution in [0.2, 0.25) is 0 Å². The van der Waals surface area contributed by atoms with Crippen molar-refractivity contribution in [2.45, 2.75) is 26.4 Å². The van der Waals surface area contributed by atoms with Gasteiger partial charge >= 0.3 is 6.03 Å². The van der Waals surface area contributed by atoms with Crippen LogP contribution in [0.1, 0.15) is 30.6 Å². The first-order valence-corrected chi connectivity index (χ1v) is 7.38. The molecule has 7 heteroatoms. The molecule has 2 rings (SSSR count). The van der Waals surface area contributed by atoms with Crippen molar-refractivity contribution in [1.29, 1.82) is 0 Å². The Hall–Kier alpha value is -2.57. The lowest BCUT2D eigenvalue weighted by Gasteiger charge is -2.25. The van der Waals surface area contributed by atoms with Crippen LogP contribution in [-0.4, -0.2) is 36.0 Å². The summed E-state index contributed by atoms with van der Waals surface area (Å²) in [6, 6.07) is 4.21. The van der Waals surface area contributed by atoms with Gasteiger partial charge in [0.2, 0.25) is 0 Å². The molecule has 1 aliphatic rings. The molecular formula is C16H20FN3O3. The van der Waals surface area contributed by atoms with Gasteiger partial charge in [0.25, 0.3) is 5.91 Å². The van der Waals surface area contributed by atoms with Gasteiger partial charge in [-0.05, 0) is 44.5 Å². The Morgan fingerprint density at radius 2 is 2.13 bits per heavy atom. The van der Waals surface area contributed by atoms with Crippen LogP contribution in [0.3, 0.4) is 0 Å². The number of anilines is 1. The van der Waals surface area contributed by atoms with Crippen LogP contribution in [-0.2, 0) is 0 Å². The summed E-state index contributed by atoms with van der Waals surface area (Å²) in [5.74, 6) is -0.619. The molecule has 0 unspecified atom stereocenters. The van der Waals surface area contributed by atoms with Crippen molar-refractivity contribution in [3.63, 3.8) is 0 Å². The molecule has 0 radical (unpaired) electrons. The first-order valence-electron chi connectivity index (χ1n) is 7.38. The molecule has 3 N–H and O–H groups in total. The maximum atomic E-state index is 13.2. The Labute approximate surface area is 134 Å². The smallest absolute Gasteiger partial charge is 0.322 e. The summed E-state index contributed by atoms with van der Waals surface area (Å²) in [5, 5.41) is 2.64. The van der Waals surface area contributed by atoms with Gasteiger partial charge in [-0.25, -0.2) is 9.18 Å². The van der Waals surface area contributed by atoms with Gasteiger partial charge in [-0.3, -0.25) is 4.79 Å². The van der Waals surface area contributed by atoms with E-state index in [0.717, 1.165) is 0 Å². The first-order chi connectivity index (χ1) is 10.9. The summed E-state index contributed by atoms with van der Waals surface area (Å²) in [5.41, 5.74) is 5.93. The SMILES string of the molecule is CC(C)Oc1ccc(NC(=O)N2CCC=C(F)C2)cc1C(N)=O. The van der Waals surface area contributed by atoms with Crippen molar-refractivity contribution in [1.82, 2.24) is 4.90 Å². The van der Waals surface area contributed by atoms with Crippen molar-refractivity contribution >= 4 is 17.6 Å². The van der Waals surface area contributed by atoms with E-state index < -0.39 is 11.9 Å². The van der Waals surface area contributed by atoms with E-state index in [1.807, 2.05) is 13.8 Å². The number of rotatable bonds is 4. The summed E-state index contributed by atoms with van der Waals surface area (Å²) < 4.78 is 18.8. The number of primary amides is 1. The van der Waals surface area contributed by atoms with E-state index in [9.17, 15) is 14.0 Å². The Bertz CT molecular complexity index is 643. The molecule has 0 aromatic heterocycles. The van der Waals surface area contributed by atoms with E-state index >= 15 is 0 Å². The van der Waals surface area contributed by atoms with Crippen molar-refractivity contribution < 1.29 is 18.7 Å². The van der Waals surface area contributed by atoms with E-state index in [-0.39, 0.29) is 24.0 Å². The summed E-state index contributed by atoms with van der Waals surface area (Å²) in [4.78, 5) is 25.0. The Morgan fingerprint density at radius 1 is 1.39 bits per heavy atom. The highest BCUT2D eigenvalue weighted by molar-refractivity contribution is 5.98. The second-order valence-electron chi connectivity index (χ2n) is 5.53. The number of ether oxygens (including phenoxy) is 1. The minimum absolute atomic E-state index is 0.0525. The van der Waals surface area contributed by atoms with Gasteiger partial charge in [0.15, 0.2) is 0 Å². The number of nitrogens with one attached hydrogen (secondary N) is 1. The highest BCUT2D eigenvalue weighted by atomic mass is 19.1. The van der Waals surface area contributed by atoms with Crippen LogP contribution >= 0.6 is 0 Å². The Morgan fingerprint density at radius 3 is 2.74 bits per heavy atom. The van der Waals surface area contributed by atoms with Crippen molar-refractivity contribution in [2.24, 2.45) is 5.73 Å². The molecule has 1 heterocycles.